The first-order chi connectivity index (χ1) is 6.13. The van der Waals surface area contributed by atoms with Gasteiger partial charge in [-0.25, -0.2) is 4.98 Å². The lowest BCUT2D eigenvalue weighted by atomic mass is 10.1. The predicted molar refractivity (Wildman–Crippen MR) is 59.6 cm³/mol. The maximum Gasteiger partial charge on any atom is 0.183 e. The second-order valence-electron chi connectivity index (χ2n) is 3.69. The van der Waals surface area contributed by atoms with Crippen LogP contribution in [0.1, 0.15) is 45.7 Å². The van der Waals surface area contributed by atoms with E-state index >= 15 is 0 Å². The predicted octanol–water partition coefficient (Wildman–Crippen LogP) is 3.48. The number of thiazole rings is 1. The Labute approximate surface area is 84.4 Å². The molecular weight excluding hydrogens is 180 g/mol. The highest BCUT2D eigenvalue weighted by molar-refractivity contribution is 7.13. The third kappa shape index (κ3) is 2.99. The van der Waals surface area contributed by atoms with Crippen molar-refractivity contribution in [2.75, 3.05) is 5.32 Å². The Bertz CT molecular complexity index is 255. The minimum atomic E-state index is 0.468. The van der Waals surface area contributed by atoms with Gasteiger partial charge in [-0.2, -0.15) is 0 Å². The van der Waals surface area contributed by atoms with Gasteiger partial charge in [0.05, 0.1) is 5.69 Å². The molecule has 0 spiro atoms. The van der Waals surface area contributed by atoms with Gasteiger partial charge in [0.2, 0.25) is 0 Å². The van der Waals surface area contributed by atoms with Gasteiger partial charge in [-0.05, 0) is 26.2 Å². The molecule has 0 bridgehead atoms. The van der Waals surface area contributed by atoms with Gasteiger partial charge in [0, 0.05) is 11.4 Å². The largest absolute Gasteiger partial charge is 0.359 e. The van der Waals surface area contributed by atoms with E-state index in [0.717, 1.165) is 11.6 Å². The number of hydrogen-bond donors (Lipinski definition) is 1. The molecule has 13 heavy (non-hydrogen) atoms. The van der Waals surface area contributed by atoms with E-state index in [1.165, 1.54) is 5.69 Å². The van der Waals surface area contributed by atoms with Gasteiger partial charge in [-0.15, -0.1) is 11.3 Å². The van der Waals surface area contributed by atoms with E-state index in [1.54, 1.807) is 11.3 Å². The fraction of sp³-hybridized carbons (Fsp3) is 0.700. The highest BCUT2D eigenvalue weighted by atomic mass is 32.1. The summed E-state index contributed by atoms with van der Waals surface area (Å²) < 4.78 is 0. The summed E-state index contributed by atoms with van der Waals surface area (Å²) in [7, 11) is 0. The smallest absolute Gasteiger partial charge is 0.183 e. The van der Waals surface area contributed by atoms with Crippen LogP contribution < -0.4 is 5.32 Å². The van der Waals surface area contributed by atoms with E-state index in [2.05, 4.69) is 43.4 Å². The van der Waals surface area contributed by atoms with Crippen molar-refractivity contribution < 1.29 is 0 Å². The van der Waals surface area contributed by atoms with Crippen LogP contribution in [0.25, 0.3) is 0 Å². The van der Waals surface area contributed by atoms with E-state index in [-0.39, 0.29) is 0 Å². The molecule has 3 heteroatoms. The monoisotopic (exact) mass is 198 g/mol. The molecule has 0 saturated carbocycles. The first-order valence-electron chi connectivity index (χ1n) is 4.85. The topological polar surface area (TPSA) is 24.9 Å². The average molecular weight is 198 g/mol. The zero-order chi connectivity index (χ0) is 9.84. The Hall–Kier alpha value is -0.570. The van der Waals surface area contributed by atoms with Crippen molar-refractivity contribution in [3.05, 3.63) is 11.1 Å². The highest BCUT2D eigenvalue weighted by Gasteiger charge is 2.08. The molecule has 0 aliphatic rings. The molecule has 0 aromatic carbocycles. The molecule has 0 saturated heterocycles. The zero-order valence-electron chi connectivity index (χ0n) is 8.79. The van der Waals surface area contributed by atoms with Crippen LogP contribution in [0.5, 0.6) is 0 Å². The summed E-state index contributed by atoms with van der Waals surface area (Å²) in [5.41, 5.74) is 1.22. The van der Waals surface area contributed by atoms with Gasteiger partial charge < -0.3 is 5.32 Å². The molecule has 74 valence electrons. The summed E-state index contributed by atoms with van der Waals surface area (Å²) in [4.78, 5) is 4.53. The third-order valence-corrected chi connectivity index (χ3v) is 2.84. The number of hydrogen-bond acceptors (Lipinski definition) is 3. The quantitative estimate of drug-likeness (QED) is 0.801. The van der Waals surface area contributed by atoms with Gasteiger partial charge in [-0.1, -0.05) is 13.8 Å². The Morgan fingerprint density at radius 2 is 2.15 bits per heavy atom. The number of aromatic nitrogens is 1. The SMILES string of the molecule is CCC(C)c1csc(NC(C)C)n1. The molecule has 0 aliphatic heterocycles. The van der Waals surface area contributed by atoms with Crippen molar-refractivity contribution >= 4 is 16.5 Å². The molecule has 0 fully saturated rings. The second-order valence-corrected chi connectivity index (χ2v) is 4.54. The molecule has 1 unspecified atom stereocenters. The van der Waals surface area contributed by atoms with Crippen molar-refractivity contribution in [1.29, 1.82) is 0 Å². The fourth-order valence-corrected chi connectivity index (χ4v) is 2.01. The van der Waals surface area contributed by atoms with Crippen LogP contribution in [-0.4, -0.2) is 11.0 Å². The summed E-state index contributed by atoms with van der Waals surface area (Å²) in [5.74, 6) is 0.582. The minimum absolute atomic E-state index is 0.468. The zero-order valence-corrected chi connectivity index (χ0v) is 9.61. The summed E-state index contributed by atoms with van der Waals surface area (Å²) in [6.07, 6.45) is 1.16. The molecule has 1 aromatic rings. The van der Waals surface area contributed by atoms with Gasteiger partial charge in [0.25, 0.3) is 0 Å². The Morgan fingerprint density at radius 1 is 1.46 bits per heavy atom. The number of rotatable bonds is 4. The van der Waals surface area contributed by atoms with Crippen LogP contribution in [0.4, 0.5) is 5.13 Å². The Kier molecular flexibility index (Phi) is 3.72. The maximum atomic E-state index is 4.53. The molecule has 1 heterocycles. The lowest BCUT2D eigenvalue weighted by Gasteiger charge is -2.05. The third-order valence-electron chi connectivity index (χ3n) is 2.05. The van der Waals surface area contributed by atoms with Crippen LogP contribution in [0.2, 0.25) is 0 Å². The molecule has 0 aliphatic carbocycles. The number of anilines is 1. The van der Waals surface area contributed by atoms with Crippen molar-refractivity contribution in [1.82, 2.24) is 4.98 Å². The summed E-state index contributed by atoms with van der Waals surface area (Å²) in [6, 6.07) is 0.468. The summed E-state index contributed by atoms with van der Waals surface area (Å²) >= 11 is 1.70. The van der Waals surface area contributed by atoms with Crippen molar-refractivity contribution in [3.8, 4) is 0 Å². The van der Waals surface area contributed by atoms with Crippen LogP contribution in [0, 0.1) is 0 Å². The molecule has 0 amide bonds. The highest BCUT2D eigenvalue weighted by Crippen LogP contribution is 2.24. The summed E-state index contributed by atoms with van der Waals surface area (Å²) in [6.45, 7) is 8.67. The van der Waals surface area contributed by atoms with E-state index in [0.29, 0.717) is 12.0 Å². The number of nitrogens with one attached hydrogen (secondary N) is 1. The summed E-state index contributed by atoms with van der Waals surface area (Å²) in [5, 5.41) is 6.51. The van der Waals surface area contributed by atoms with Crippen LogP contribution in [-0.2, 0) is 0 Å². The van der Waals surface area contributed by atoms with Crippen molar-refractivity contribution in [3.63, 3.8) is 0 Å². The normalized spacial score (nSPS) is 13.3. The van der Waals surface area contributed by atoms with Gasteiger partial charge >= 0.3 is 0 Å². The van der Waals surface area contributed by atoms with Gasteiger partial charge in [-0.3, -0.25) is 0 Å². The average Bonchev–Trinajstić information content (AvgIpc) is 2.50. The molecule has 1 atom stereocenters. The van der Waals surface area contributed by atoms with Crippen molar-refractivity contribution in [2.24, 2.45) is 0 Å². The Balaban J connectivity index is 2.63. The van der Waals surface area contributed by atoms with Gasteiger partial charge in [0.1, 0.15) is 0 Å². The van der Waals surface area contributed by atoms with E-state index < -0.39 is 0 Å². The van der Waals surface area contributed by atoms with Crippen LogP contribution >= 0.6 is 11.3 Å². The van der Waals surface area contributed by atoms with E-state index in [4.69, 9.17) is 0 Å². The Morgan fingerprint density at radius 3 is 2.69 bits per heavy atom. The molecule has 1 rings (SSSR count). The van der Waals surface area contributed by atoms with E-state index in [9.17, 15) is 0 Å². The first kappa shape index (κ1) is 10.5. The molecular formula is C10H18N2S. The number of nitrogens with zero attached hydrogens (tertiary/aromatic N) is 1. The fourth-order valence-electron chi connectivity index (χ4n) is 1.03. The second kappa shape index (κ2) is 4.61. The lowest BCUT2D eigenvalue weighted by molar-refractivity contribution is 0.713. The lowest BCUT2D eigenvalue weighted by Crippen LogP contribution is -2.09. The van der Waals surface area contributed by atoms with Gasteiger partial charge in [0.15, 0.2) is 5.13 Å². The molecule has 1 aromatic heterocycles. The van der Waals surface area contributed by atoms with E-state index in [1.807, 2.05) is 0 Å². The van der Waals surface area contributed by atoms with Crippen LogP contribution in [0.15, 0.2) is 5.38 Å². The molecule has 0 radical (unpaired) electrons. The molecule has 1 N–H and O–H groups in total. The van der Waals surface area contributed by atoms with Crippen molar-refractivity contribution in [2.45, 2.75) is 46.1 Å². The molecule has 2 nitrogen and oxygen atoms in total. The minimum Gasteiger partial charge on any atom is -0.359 e. The van der Waals surface area contributed by atoms with Crippen LogP contribution in [0.3, 0.4) is 0 Å². The maximum absolute atomic E-state index is 4.53. The standard InChI is InChI=1S/C10H18N2S/c1-5-8(4)9-6-13-10(12-9)11-7(2)3/h6-8H,5H2,1-4H3,(H,11,12). The first-order valence-corrected chi connectivity index (χ1v) is 5.73.